The molecule has 0 saturated carbocycles. The number of rotatable bonds is 7. The Morgan fingerprint density at radius 1 is 1.43 bits per heavy atom. The van der Waals surface area contributed by atoms with Crippen molar-refractivity contribution in [3.05, 3.63) is 29.3 Å². The lowest BCUT2D eigenvalue weighted by atomic mass is 10.0. The summed E-state index contributed by atoms with van der Waals surface area (Å²) in [6.45, 7) is 8.63. The molecule has 0 aliphatic carbocycles. The van der Waals surface area contributed by atoms with Crippen LogP contribution >= 0.6 is 0 Å². The Morgan fingerprint density at radius 2 is 2.24 bits per heavy atom. The van der Waals surface area contributed by atoms with Crippen molar-refractivity contribution in [1.29, 1.82) is 0 Å². The molecule has 1 aromatic rings. The van der Waals surface area contributed by atoms with Gasteiger partial charge in [0.2, 0.25) is 0 Å². The van der Waals surface area contributed by atoms with Crippen LogP contribution in [-0.2, 0) is 4.74 Å². The van der Waals surface area contributed by atoms with Crippen molar-refractivity contribution in [3.8, 4) is 5.75 Å². The van der Waals surface area contributed by atoms with E-state index in [0.717, 1.165) is 37.3 Å². The number of hydrogen-bond donors (Lipinski definition) is 2. The van der Waals surface area contributed by atoms with E-state index in [2.05, 4.69) is 25.2 Å². The number of ether oxygens (including phenoxy) is 2. The summed E-state index contributed by atoms with van der Waals surface area (Å²) >= 11 is 0. The molecule has 1 heterocycles. The fraction of sp³-hybridized carbons (Fsp3) is 0.647. The topological polar surface area (TPSA) is 50.7 Å². The van der Waals surface area contributed by atoms with Crippen LogP contribution in [0.25, 0.3) is 0 Å². The first kappa shape index (κ1) is 16.3. The van der Waals surface area contributed by atoms with E-state index in [1.54, 1.807) is 0 Å². The van der Waals surface area contributed by atoms with Gasteiger partial charge in [-0.1, -0.05) is 17.7 Å². The van der Waals surface area contributed by atoms with E-state index in [4.69, 9.17) is 9.47 Å². The van der Waals surface area contributed by atoms with Crippen LogP contribution in [0.5, 0.6) is 5.75 Å². The van der Waals surface area contributed by atoms with Gasteiger partial charge in [-0.2, -0.15) is 0 Å². The second-order valence-electron chi connectivity index (χ2n) is 6.27. The Labute approximate surface area is 127 Å². The van der Waals surface area contributed by atoms with Crippen LogP contribution in [0.2, 0.25) is 0 Å². The molecule has 2 N–H and O–H groups in total. The number of aliphatic hydroxyl groups excluding tert-OH is 1. The average molecular weight is 293 g/mol. The van der Waals surface area contributed by atoms with E-state index >= 15 is 0 Å². The van der Waals surface area contributed by atoms with Crippen molar-refractivity contribution < 1.29 is 14.6 Å². The van der Waals surface area contributed by atoms with Crippen LogP contribution < -0.4 is 10.1 Å². The minimum Gasteiger partial charge on any atom is -0.491 e. The Hall–Kier alpha value is -1.10. The molecule has 2 atom stereocenters. The molecule has 4 heteroatoms. The summed E-state index contributed by atoms with van der Waals surface area (Å²) < 4.78 is 11.4. The Bertz CT molecular complexity index is 455. The zero-order valence-electron chi connectivity index (χ0n) is 13.3. The Kier molecular flexibility index (Phi) is 5.62. The summed E-state index contributed by atoms with van der Waals surface area (Å²) in [7, 11) is 0. The lowest BCUT2D eigenvalue weighted by Gasteiger charge is -2.24. The maximum atomic E-state index is 9.99. The van der Waals surface area contributed by atoms with Gasteiger partial charge in [0.25, 0.3) is 0 Å². The lowest BCUT2D eigenvalue weighted by Crippen LogP contribution is -2.41. The quantitative estimate of drug-likeness (QED) is 0.809. The van der Waals surface area contributed by atoms with Gasteiger partial charge in [0, 0.05) is 19.7 Å². The monoisotopic (exact) mass is 293 g/mol. The predicted molar refractivity (Wildman–Crippen MR) is 83.9 cm³/mol. The molecule has 2 rings (SSSR count). The van der Waals surface area contributed by atoms with Crippen molar-refractivity contribution >= 4 is 0 Å². The second-order valence-corrected chi connectivity index (χ2v) is 6.27. The van der Waals surface area contributed by atoms with E-state index in [-0.39, 0.29) is 5.60 Å². The molecular weight excluding hydrogens is 266 g/mol. The number of nitrogens with one attached hydrogen (secondary N) is 1. The molecule has 1 fully saturated rings. The summed E-state index contributed by atoms with van der Waals surface area (Å²) in [6.07, 6.45) is 1.68. The van der Waals surface area contributed by atoms with E-state index < -0.39 is 6.10 Å². The molecule has 0 spiro atoms. The standard InChI is InChI=1S/C17H27NO3/c1-13-5-6-16(14(2)9-13)20-11-15(19)10-18-12-17(3)7-4-8-21-17/h5-6,9,15,18-19H,4,7-8,10-12H2,1-3H3. The molecule has 0 radical (unpaired) electrons. The molecule has 118 valence electrons. The number of hydrogen-bond acceptors (Lipinski definition) is 4. The molecule has 1 aromatic carbocycles. The molecule has 1 aliphatic rings. The molecule has 0 amide bonds. The van der Waals surface area contributed by atoms with Crippen LogP contribution in [0.15, 0.2) is 18.2 Å². The molecule has 0 bridgehead atoms. The normalized spacial score (nSPS) is 23.2. The highest BCUT2D eigenvalue weighted by Crippen LogP contribution is 2.23. The summed E-state index contributed by atoms with van der Waals surface area (Å²) in [4.78, 5) is 0. The van der Waals surface area contributed by atoms with Gasteiger partial charge >= 0.3 is 0 Å². The highest BCUT2D eigenvalue weighted by Gasteiger charge is 2.29. The molecule has 2 unspecified atom stereocenters. The third-order valence-electron chi connectivity index (χ3n) is 3.94. The highest BCUT2D eigenvalue weighted by atomic mass is 16.5. The average Bonchev–Trinajstić information content (AvgIpc) is 2.85. The van der Waals surface area contributed by atoms with E-state index in [9.17, 15) is 5.11 Å². The molecule has 0 aromatic heterocycles. The first-order valence-corrected chi connectivity index (χ1v) is 7.71. The van der Waals surface area contributed by atoms with Crippen LogP contribution in [0.1, 0.15) is 30.9 Å². The summed E-state index contributed by atoms with van der Waals surface area (Å²) in [6, 6.07) is 6.06. The number of aliphatic hydroxyl groups is 1. The third-order valence-corrected chi connectivity index (χ3v) is 3.94. The fourth-order valence-electron chi connectivity index (χ4n) is 2.69. The molecule has 1 saturated heterocycles. The minimum atomic E-state index is -0.518. The first-order chi connectivity index (χ1) is 9.98. The zero-order valence-corrected chi connectivity index (χ0v) is 13.3. The molecule has 21 heavy (non-hydrogen) atoms. The van der Waals surface area contributed by atoms with E-state index in [0.29, 0.717) is 13.2 Å². The predicted octanol–water partition coefficient (Wildman–Crippen LogP) is 2.20. The lowest BCUT2D eigenvalue weighted by molar-refractivity contribution is 0.0170. The minimum absolute atomic E-state index is 0.0753. The molecule has 4 nitrogen and oxygen atoms in total. The van der Waals surface area contributed by atoms with Crippen LogP contribution in [0, 0.1) is 13.8 Å². The molecular formula is C17H27NO3. The summed E-state index contributed by atoms with van der Waals surface area (Å²) in [5, 5.41) is 13.3. The second kappa shape index (κ2) is 7.25. The van der Waals surface area contributed by atoms with Gasteiger partial charge in [0.15, 0.2) is 0 Å². The van der Waals surface area contributed by atoms with Gasteiger partial charge in [-0.05, 0) is 45.2 Å². The van der Waals surface area contributed by atoms with E-state index in [1.807, 2.05) is 19.1 Å². The largest absolute Gasteiger partial charge is 0.491 e. The van der Waals surface area contributed by atoms with Gasteiger partial charge in [0.05, 0.1) is 5.60 Å². The fourth-order valence-corrected chi connectivity index (χ4v) is 2.69. The van der Waals surface area contributed by atoms with Crippen molar-refractivity contribution in [1.82, 2.24) is 5.32 Å². The SMILES string of the molecule is Cc1ccc(OCC(O)CNCC2(C)CCCO2)c(C)c1. The van der Waals surface area contributed by atoms with Crippen molar-refractivity contribution in [2.24, 2.45) is 0 Å². The van der Waals surface area contributed by atoms with Crippen LogP contribution in [0.4, 0.5) is 0 Å². The van der Waals surface area contributed by atoms with E-state index in [1.165, 1.54) is 5.56 Å². The van der Waals surface area contributed by atoms with Crippen molar-refractivity contribution in [2.45, 2.75) is 45.3 Å². The van der Waals surface area contributed by atoms with Crippen LogP contribution in [-0.4, -0.2) is 43.1 Å². The first-order valence-electron chi connectivity index (χ1n) is 7.71. The van der Waals surface area contributed by atoms with Crippen molar-refractivity contribution in [3.63, 3.8) is 0 Å². The van der Waals surface area contributed by atoms with Crippen molar-refractivity contribution in [2.75, 3.05) is 26.3 Å². The smallest absolute Gasteiger partial charge is 0.122 e. The Morgan fingerprint density at radius 3 is 2.90 bits per heavy atom. The summed E-state index contributed by atoms with van der Waals surface area (Å²) in [5.41, 5.74) is 2.24. The van der Waals surface area contributed by atoms with Gasteiger partial charge in [-0.3, -0.25) is 0 Å². The molecule has 1 aliphatic heterocycles. The van der Waals surface area contributed by atoms with Gasteiger partial charge in [0.1, 0.15) is 18.5 Å². The highest BCUT2D eigenvalue weighted by molar-refractivity contribution is 5.35. The Balaban J connectivity index is 1.68. The summed E-state index contributed by atoms with van der Waals surface area (Å²) in [5.74, 6) is 0.839. The maximum absolute atomic E-state index is 9.99. The van der Waals surface area contributed by atoms with Gasteiger partial charge < -0.3 is 19.9 Å². The van der Waals surface area contributed by atoms with Gasteiger partial charge in [-0.15, -0.1) is 0 Å². The number of aryl methyl sites for hydroxylation is 2. The van der Waals surface area contributed by atoms with Gasteiger partial charge in [-0.25, -0.2) is 0 Å². The maximum Gasteiger partial charge on any atom is 0.122 e. The zero-order chi connectivity index (χ0) is 15.3. The third kappa shape index (κ3) is 4.99. The van der Waals surface area contributed by atoms with Crippen LogP contribution in [0.3, 0.4) is 0 Å². The number of benzene rings is 1.